The van der Waals surface area contributed by atoms with Gasteiger partial charge in [-0.15, -0.1) is 11.8 Å². The molecule has 0 aliphatic rings. The third-order valence-corrected chi connectivity index (χ3v) is 2.90. The van der Waals surface area contributed by atoms with Crippen LogP contribution in [-0.4, -0.2) is 21.3 Å². The first-order chi connectivity index (χ1) is 8.76. The highest BCUT2D eigenvalue weighted by molar-refractivity contribution is 5.42. The average molecular weight is 247 g/mol. The molecule has 1 rings (SSSR count). The van der Waals surface area contributed by atoms with Crippen LogP contribution >= 0.6 is 0 Å². The number of hydrogen-bond acceptors (Lipinski definition) is 3. The number of methoxy groups -OCH3 is 2. The second-order valence-electron chi connectivity index (χ2n) is 3.91. The van der Waals surface area contributed by atoms with Gasteiger partial charge in [0.1, 0.15) is 11.5 Å². The van der Waals surface area contributed by atoms with Gasteiger partial charge in [-0.2, -0.15) is 0 Å². The summed E-state index contributed by atoms with van der Waals surface area (Å²) in [6, 6.07) is 6.07. The largest absolute Gasteiger partial charge is 0.497 e. The standard InChI is InChI=1S/C15H21NO2/c1-5-6-7-8-14(16-2)13-11-12(17-3)9-10-15(13)18-4/h9-11,14,16H,7-8H2,1-4H3. The zero-order valence-corrected chi connectivity index (χ0v) is 11.5. The number of rotatable bonds is 6. The molecule has 1 N–H and O–H groups in total. The van der Waals surface area contributed by atoms with Crippen LogP contribution in [0.1, 0.15) is 31.4 Å². The summed E-state index contributed by atoms with van der Waals surface area (Å²) in [5, 5.41) is 3.30. The second kappa shape index (κ2) is 7.62. The molecule has 0 heterocycles. The topological polar surface area (TPSA) is 30.5 Å². The predicted molar refractivity (Wildman–Crippen MR) is 74.0 cm³/mol. The van der Waals surface area contributed by atoms with Crippen molar-refractivity contribution in [3.63, 3.8) is 0 Å². The SMILES string of the molecule is CC#CCCC(NC)c1cc(OC)ccc1OC. The summed E-state index contributed by atoms with van der Waals surface area (Å²) in [5.74, 6) is 7.72. The van der Waals surface area contributed by atoms with Gasteiger partial charge >= 0.3 is 0 Å². The summed E-state index contributed by atoms with van der Waals surface area (Å²) in [7, 11) is 5.30. The Morgan fingerprint density at radius 3 is 2.61 bits per heavy atom. The van der Waals surface area contributed by atoms with Crippen molar-refractivity contribution in [1.29, 1.82) is 0 Å². The first-order valence-electron chi connectivity index (χ1n) is 6.05. The molecule has 98 valence electrons. The molecule has 1 aromatic rings. The fourth-order valence-electron chi connectivity index (χ4n) is 1.91. The fraction of sp³-hybridized carbons (Fsp3) is 0.467. The Bertz CT molecular complexity index is 432. The molecule has 1 unspecified atom stereocenters. The molecule has 18 heavy (non-hydrogen) atoms. The van der Waals surface area contributed by atoms with Crippen LogP contribution in [0.3, 0.4) is 0 Å². The summed E-state index contributed by atoms with van der Waals surface area (Å²) in [6.45, 7) is 1.86. The molecule has 0 aromatic heterocycles. The molecule has 0 saturated carbocycles. The molecule has 0 aliphatic heterocycles. The van der Waals surface area contributed by atoms with E-state index in [-0.39, 0.29) is 6.04 Å². The number of hydrogen-bond donors (Lipinski definition) is 1. The Hall–Kier alpha value is -1.66. The van der Waals surface area contributed by atoms with Gasteiger partial charge in [0.15, 0.2) is 0 Å². The highest BCUT2D eigenvalue weighted by atomic mass is 16.5. The van der Waals surface area contributed by atoms with Gasteiger partial charge in [-0.1, -0.05) is 0 Å². The highest BCUT2D eigenvalue weighted by Gasteiger charge is 2.14. The van der Waals surface area contributed by atoms with Gasteiger partial charge in [0.2, 0.25) is 0 Å². The third-order valence-electron chi connectivity index (χ3n) is 2.90. The lowest BCUT2D eigenvalue weighted by atomic mass is 10.0. The van der Waals surface area contributed by atoms with Gasteiger partial charge in [-0.25, -0.2) is 0 Å². The van der Waals surface area contributed by atoms with Crippen molar-refractivity contribution in [1.82, 2.24) is 5.32 Å². The Kier molecular flexibility index (Phi) is 6.10. The minimum absolute atomic E-state index is 0.218. The van der Waals surface area contributed by atoms with E-state index in [1.807, 2.05) is 32.2 Å². The minimum atomic E-state index is 0.218. The number of nitrogens with one attached hydrogen (secondary N) is 1. The van der Waals surface area contributed by atoms with Crippen LogP contribution in [0.15, 0.2) is 18.2 Å². The Balaban J connectivity index is 2.96. The summed E-state index contributed by atoms with van der Waals surface area (Å²) in [4.78, 5) is 0. The van der Waals surface area contributed by atoms with E-state index in [4.69, 9.17) is 9.47 Å². The second-order valence-corrected chi connectivity index (χ2v) is 3.91. The Morgan fingerprint density at radius 1 is 1.28 bits per heavy atom. The van der Waals surface area contributed by atoms with Gasteiger partial charge in [0.05, 0.1) is 14.2 Å². The maximum Gasteiger partial charge on any atom is 0.123 e. The summed E-state index contributed by atoms with van der Waals surface area (Å²) < 4.78 is 10.7. The van der Waals surface area contributed by atoms with E-state index in [0.717, 1.165) is 29.9 Å². The van der Waals surface area contributed by atoms with E-state index in [0.29, 0.717) is 0 Å². The lowest BCUT2D eigenvalue weighted by Gasteiger charge is -2.19. The fourth-order valence-corrected chi connectivity index (χ4v) is 1.91. The van der Waals surface area contributed by atoms with Crippen LogP contribution in [0.25, 0.3) is 0 Å². The van der Waals surface area contributed by atoms with Crippen LogP contribution < -0.4 is 14.8 Å². The lowest BCUT2D eigenvalue weighted by Crippen LogP contribution is -2.17. The van der Waals surface area contributed by atoms with Crippen molar-refractivity contribution >= 4 is 0 Å². The van der Waals surface area contributed by atoms with E-state index in [1.54, 1.807) is 14.2 Å². The minimum Gasteiger partial charge on any atom is -0.497 e. The number of benzene rings is 1. The number of ether oxygens (including phenoxy) is 2. The van der Waals surface area contributed by atoms with Crippen LogP contribution in [-0.2, 0) is 0 Å². The van der Waals surface area contributed by atoms with Crippen LogP contribution in [0.2, 0.25) is 0 Å². The Morgan fingerprint density at radius 2 is 2.06 bits per heavy atom. The quantitative estimate of drug-likeness (QED) is 0.784. The zero-order valence-electron chi connectivity index (χ0n) is 11.5. The molecule has 3 nitrogen and oxygen atoms in total. The van der Waals surface area contributed by atoms with Crippen LogP contribution in [0, 0.1) is 11.8 Å². The molecule has 0 saturated heterocycles. The van der Waals surface area contributed by atoms with Gasteiger partial charge < -0.3 is 14.8 Å². The van der Waals surface area contributed by atoms with Gasteiger partial charge in [-0.3, -0.25) is 0 Å². The molecular weight excluding hydrogens is 226 g/mol. The van der Waals surface area contributed by atoms with E-state index < -0.39 is 0 Å². The summed E-state index contributed by atoms with van der Waals surface area (Å²) in [6.07, 6.45) is 1.81. The van der Waals surface area contributed by atoms with Crippen molar-refractivity contribution in [2.24, 2.45) is 0 Å². The molecule has 3 heteroatoms. The van der Waals surface area contributed by atoms with E-state index in [1.165, 1.54) is 0 Å². The van der Waals surface area contributed by atoms with Crippen LogP contribution in [0.5, 0.6) is 11.5 Å². The van der Waals surface area contributed by atoms with Crippen molar-refractivity contribution in [2.75, 3.05) is 21.3 Å². The molecule has 1 aromatic carbocycles. The molecule has 0 radical (unpaired) electrons. The molecular formula is C15H21NO2. The van der Waals surface area contributed by atoms with Crippen molar-refractivity contribution in [3.05, 3.63) is 23.8 Å². The molecule has 0 bridgehead atoms. The predicted octanol–water partition coefficient (Wildman–Crippen LogP) is 2.77. The summed E-state index contributed by atoms with van der Waals surface area (Å²) in [5.41, 5.74) is 1.11. The van der Waals surface area contributed by atoms with Gasteiger partial charge in [-0.05, 0) is 38.6 Å². The van der Waals surface area contributed by atoms with Crippen molar-refractivity contribution < 1.29 is 9.47 Å². The van der Waals surface area contributed by atoms with Crippen molar-refractivity contribution in [3.8, 4) is 23.3 Å². The summed E-state index contributed by atoms with van der Waals surface area (Å²) >= 11 is 0. The monoisotopic (exact) mass is 247 g/mol. The molecule has 0 fully saturated rings. The molecule has 0 spiro atoms. The molecule has 1 atom stereocenters. The normalized spacial score (nSPS) is 11.3. The third kappa shape index (κ3) is 3.68. The smallest absolute Gasteiger partial charge is 0.123 e. The highest BCUT2D eigenvalue weighted by Crippen LogP contribution is 2.31. The van der Waals surface area contributed by atoms with E-state index >= 15 is 0 Å². The van der Waals surface area contributed by atoms with E-state index in [2.05, 4.69) is 17.2 Å². The molecule has 0 amide bonds. The maximum atomic E-state index is 5.40. The maximum absolute atomic E-state index is 5.40. The Labute approximate surface area is 109 Å². The van der Waals surface area contributed by atoms with E-state index in [9.17, 15) is 0 Å². The zero-order chi connectivity index (χ0) is 13.4. The van der Waals surface area contributed by atoms with Gasteiger partial charge in [0, 0.05) is 18.0 Å². The van der Waals surface area contributed by atoms with Crippen molar-refractivity contribution in [2.45, 2.75) is 25.8 Å². The molecule has 0 aliphatic carbocycles. The lowest BCUT2D eigenvalue weighted by molar-refractivity contribution is 0.389. The first-order valence-corrected chi connectivity index (χ1v) is 6.05. The average Bonchev–Trinajstić information content (AvgIpc) is 2.43. The first kappa shape index (κ1) is 14.4. The van der Waals surface area contributed by atoms with Gasteiger partial charge in [0.25, 0.3) is 0 Å². The van der Waals surface area contributed by atoms with Crippen LogP contribution in [0.4, 0.5) is 0 Å².